The number of hydrogen-bond donors (Lipinski definition) is 1. The summed E-state index contributed by atoms with van der Waals surface area (Å²) < 4.78 is 0. The van der Waals surface area contributed by atoms with Gasteiger partial charge in [0.05, 0.1) is 5.56 Å². The van der Waals surface area contributed by atoms with Crippen LogP contribution in [0.4, 0.5) is 11.4 Å². The van der Waals surface area contributed by atoms with Crippen LogP contribution in [0.25, 0.3) is 0 Å². The van der Waals surface area contributed by atoms with Crippen LogP contribution in [0.2, 0.25) is 5.15 Å². The lowest BCUT2D eigenvalue weighted by Gasteiger charge is -2.15. The number of benzene rings is 1. The molecule has 0 saturated carbocycles. The lowest BCUT2D eigenvalue weighted by Crippen LogP contribution is -2.25. The third-order valence-electron chi connectivity index (χ3n) is 3.60. The number of rotatable bonds is 2. The number of aromatic nitrogens is 1. The average Bonchev–Trinajstić information content (AvgIpc) is 2.91. The van der Waals surface area contributed by atoms with Crippen molar-refractivity contribution in [2.75, 3.05) is 16.8 Å². The van der Waals surface area contributed by atoms with E-state index in [-0.39, 0.29) is 11.8 Å². The first kappa shape index (κ1) is 14.5. The van der Waals surface area contributed by atoms with Gasteiger partial charge in [-0.1, -0.05) is 11.6 Å². The standard InChI is InChI=1S/C16H14ClN3O2/c1-10(21)20-7-6-11-8-13(3-4-14(11)20)19-16(22)12-2-5-15(17)18-9-12/h2-5,8-9H,6-7H2,1H3,(H,19,22). The Morgan fingerprint density at radius 1 is 1.27 bits per heavy atom. The van der Waals surface area contributed by atoms with Crippen LogP contribution in [0.5, 0.6) is 0 Å². The molecule has 0 atom stereocenters. The molecule has 0 fully saturated rings. The van der Waals surface area contributed by atoms with Crippen molar-refractivity contribution in [1.29, 1.82) is 0 Å². The number of carbonyl (C=O) groups excluding carboxylic acids is 2. The molecular weight excluding hydrogens is 302 g/mol. The quantitative estimate of drug-likeness (QED) is 0.867. The Kier molecular flexibility index (Phi) is 3.81. The molecule has 1 N–H and O–H groups in total. The molecule has 1 aromatic carbocycles. The summed E-state index contributed by atoms with van der Waals surface area (Å²) >= 11 is 5.70. The SMILES string of the molecule is CC(=O)N1CCc2cc(NC(=O)c3ccc(Cl)nc3)ccc21. The van der Waals surface area contributed by atoms with Crippen LogP contribution in [0.3, 0.4) is 0 Å². The molecular formula is C16H14ClN3O2. The first-order valence-corrected chi connectivity index (χ1v) is 7.26. The van der Waals surface area contributed by atoms with E-state index < -0.39 is 0 Å². The number of halogens is 1. The Balaban J connectivity index is 1.78. The van der Waals surface area contributed by atoms with Crippen LogP contribution in [0.1, 0.15) is 22.8 Å². The maximum atomic E-state index is 12.1. The second kappa shape index (κ2) is 5.77. The summed E-state index contributed by atoms with van der Waals surface area (Å²) in [5.74, 6) is -0.215. The van der Waals surface area contributed by atoms with Gasteiger partial charge in [0.2, 0.25) is 5.91 Å². The zero-order chi connectivity index (χ0) is 15.7. The maximum absolute atomic E-state index is 12.1. The Labute approximate surface area is 132 Å². The highest BCUT2D eigenvalue weighted by atomic mass is 35.5. The lowest BCUT2D eigenvalue weighted by molar-refractivity contribution is -0.116. The van der Waals surface area contributed by atoms with Gasteiger partial charge in [-0.05, 0) is 42.3 Å². The third kappa shape index (κ3) is 2.80. The number of nitrogens with one attached hydrogen (secondary N) is 1. The summed E-state index contributed by atoms with van der Waals surface area (Å²) in [5, 5.41) is 3.17. The molecule has 6 heteroatoms. The highest BCUT2D eigenvalue weighted by molar-refractivity contribution is 6.29. The molecule has 3 rings (SSSR count). The van der Waals surface area contributed by atoms with Gasteiger partial charge in [0, 0.05) is 31.0 Å². The summed E-state index contributed by atoms with van der Waals surface area (Å²) in [6, 6.07) is 8.75. The zero-order valence-corrected chi connectivity index (χ0v) is 12.7. The molecule has 0 spiro atoms. The van der Waals surface area contributed by atoms with Gasteiger partial charge in [-0.25, -0.2) is 4.98 Å². The number of anilines is 2. The van der Waals surface area contributed by atoms with Gasteiger partial charge < -0.3 is 10.2 Å². The van der Waals surface area contributed by atoms with Crippen molar-refractivity contribution in [2.45, 2.75) is 13.3 Å². The summed E-state index contributed by atoms with van der Waals surface area (Å²) in [5.41, 5.74) is 3.11. The largest absolute Gasteiger partial charge is 0.322 e. The van der Waals surface area contributed by atoms with E-state index in [1.165, 1.54) is 6.20 Å². The molecule has 22 heavy (non-hydrogen) atoms. The van der Waals surface area contributed by atoms with E-state index in [1.54, 1.807) is 30.0 Å². The van der Waals surface area contributed by atoms with Gasteiger partial charge in [-0.2, -0.15) is 0 Å². The molecule has 2 heterocycles. The van der Waals surface area contributed by atoms with Gasteiger partial charge in [-0.15, -0.1) is 0 Å². The fourth-order valence-electron chi connectivity index (χ4n) is 2.52. The molecule has 0 radical (unpaired) electrons. The molecule has 2 aromatic rings. The van der Waals surface area contributed by atoms with E-state index >= 15 is 0 Å². The molecule has 1 aliphatic rings. The Morgan fingerprint density at radius 2 is 2.09 bits per heavy atom. The predicted octanol–water partition coefficient (Wildman–Crippen LogP) is 2.90. The molecule has 1 aromatic heterocycles. The summed E-state index contributed by atoms with van der Waals surface area (Å²) in [6.07, 6.45) is 2.23. The number of pyridine rings is 1. The second-order valence-electron chi connectivity index (χ2n) is 5.09. The van der Waals surface area contributed by atoms with Crippen LogP contribution in [-0.2, 0) is 11.2 Å². The van der Waals surface area contributed by atoms with E-state index in [9.17, 15) is 9.59 Å². The topological polar surface area (TPSA) is 62.3 Å². The van der Waals surface area contributed by atoms with Gasteiger partial charge in [0.1, 0.15) is 5.15 Å². The molecule has 0 saturated heterocycles. The van der Waals surface area contributed by atoms with E-state index in [0.717, 1.165) is 17.7 Å². The smallest absolute Gasteiger partial charge is 0.257 e. The molecule has 2 amide bonds. The number of hydrogen-bond acceptors (Lipinski definition) is 3. The minimum atomic E-state index is -0.245. The van der Waals surface area contributed by atoms with Crippen LogP contribution >= 0.6 is 11.6 Å². The minimum absolute atomic E-state index is 0.0303. The summed E-state index contributed by atoms with van der Waals surface area (Å²) in [4.78, 5) is 29.3. The molecule has 112 valence electrons. The number of carbonyl (C=O) groups is 2. The van der Waals surface area contributed by atoms with Crippen molar-refractivity contribution in [3.05, 3.63) is 52.8 Å². The second-order valence-corrected chi connectivity index (χ2v) is 5.48. The van der Waals surface area contributed by atoms with Crippen LogP contribution < -0.4 is 10.2 Å². The van der Waals surface area contributed by atoms with Crippen molar-refractivity contribution >= 4 is 34.8 Å². The van der Waals surface area contributed by atoms with Gasteiger partial charge in [0.15, 0.2) is 0 Å². The fraction of sp³-hybridized carbons (Fsp3) is 0.188. The highest BCUT2D eigenvalue weighted by Gasteiger charge is 2.22. The normalized spacial score (nSPS) is 12.9. The van der Waals surface area contributed by atoms with Gasteiger partial charge in [-0.3, -0.25) is 9.59 Å². The predicted molar refractivity (Wildman–Crippen MR) is 85.4 cm³/mol. The lowest BCUT2D eigenvalue weighted by atomic mass is 10.1. The van der Waals surface area contributed by atoms with Gasteiger partial charge >= 0.3 is 0 Å². The number of nitrogens with zero attached hydrogens (tertiary/aromatic N) is 2. The molecule has 5 nitrogen and oxygen atoms in total. The molecule has 0 aliphatic carbocycles. The first-order valence-electron chi connectivity index (χ1n) is 6.88. The zero-order valence-electron chi connectivity index (χ0n) is 12.0. The van der Waals surface area contributed by atoms with E-state index in [4.69, 9.17) is 11.6 Å². The van der Waals surface area contributed by atoms with Crippen molar-refractivity contribution in [3.63, 3.8) is 0 Å². The third-order valence-corrected chi connectivity index (χ3v) is 3.83. The molecule has 1 aliphatic heterocycles. The Bertz CT molecular complexity index is 744. The Hall–Kier alpha value is -2.40. The van der Waals surface area contributed by atoms with Crippen LogP contribution in [0, 0.1) is 0 Å². The van der Waals surface area contributed by atoms with E-state index in [1.807, 2.05) is 12.1 Å². The van der Waals surface area contributed by atoms with Crippen molar-refractivity contribution in [3.8, 4) is 0 Å². The first-order chi connectivity index (χ1) is 10.5. The number of amides is 2. The highest BCUT2D eigenvalue weighted by Crippen LogP contribution is 2.30. The number of fused-ring (bicyclic) bond motifs is 1. The maximum Gasteiger partial charge on any atom is 0.257 e. The van der Waals surface area contributed by atoms with E-state index in [0.29, 0.717) is 22.9 Å². The van der Waals surface area contributed by atoms with Crippen molar-refractivity contribution in [2.24, 2.45) is 0 Å². The van der Waals surface area contributed by atoms with Gasteiger partial charge in [0.25, 0.3) is 5.91 Å². The molecule has 0 bridgehead atoms. The monoisotopic (exact) mass is 315 g/mol. The van der Waals surface area contributed by atoms with Crippen LogP contribution in [0.15, 0.2) is 36.5 Å². The van der Waals surface area contributed by atoms with E-state index in [2.05, 4.69) is 10.3 Å². The minimum Gasteiger partial charge on any atom is -0.322 e. The fourth-order valence-corrected chi connectivity index (χ4v) is 2.63. The summed E-state index contributed by atoms with van der Waals surface area (Å²) in [7, 11) is 0. The van der Waals surface area contributed by atoms with Crippen LogP contribution in [-0.4, -0.2) is 23.3 Å². The van der Waals surface area contributed by atoms with Crippen molar-refractivity contribution < 1.29 is 9.59 Å². The van der Waals surface area contributed by atoms with Crippen molar-refractivity contribution in [1.82, 2.24) is 4.98 Å². The molecule has 0 unspecified atom stereocenters. The average molecular weight is 316 g/mol. The summed E-state index contributed by atoms with van der Waals surface area (Å²) in [6.45, 7) is 2.24. The Morgan fingerprint density at radius 3 is 2.77 bits per heavy atom.